The normalized spacial score (nSPS) is 8.44. The highest BCUT2D eigenvalue weighted by Gasteiger charge is 1.78. The van der Waals surface area contributed by atoms with Crippen LogP contribution in [0.15, 0.2) is 22.9 Å². The maximum absolute atomic E-state index is 4.81. The summed E-state index contributed by atoms with van der Waals surface area (Å²) in [5, 5.41) is 4.08. The van der Waals surface area contributed by atoms with Crippen LogP contribution < -0.4 is 0 Å². The molecule has 9 heavy (non-hydrogen) atoms. The van der Waals surface area contributed by atoms with Gasteiger partial charge in [0.2, 0.25) is 0 Å². The van der Waals surface area contributed by atoms with Crippen LogP contribution in [0.4, 0.5) is 0 Å². The molecule has 0 atom stereocenters. The summed E-state index contributed by atoms with van der Waals surface area (Å²) in [7, 11) is 0. The fraction of sp³-hybridized carbons (Fsp3) is 0.200. The van der Waals surface area contributed by atoms with Gasteiger partial charge in [-0.3, -0.25) is 0 Å². The Balaban J connectivity index is 0.000000148. The van der Waals surface area contributed by atoms with Gasteiger partial charge in [-0.2, -0.15) is 11.3 Å². The molecule has 4 heteroatoms. The first-order valence-electron chi connectivity index (χ1n) is 2.13. The number of hydrogen-bond donors (Lipinski definition) is 0. The zero-order valence-corrected chi connectivity index (χ0v) is 7.51. The smallest absolute Gasteiger partial charge is 0.152 e. The van der Waals surface area contributed by atoms with E-state index < -0.39 is 4.30 Å². The molecule has 1 aromatic heterocycles. The van der Waals surface area contributed by atoms with Crippen molar-refractivity contribution in [3.63, 3.8) is 0 Å². The molecule has 0 bridgehead atoms. The number of halogens is 3. The van der Waals surface area contributed by atoms with Crippen molar-refractivity contribution in [3.8, 4) is 0 Å². The Kier molecular flexibility index (Phi) is 7.11. The van der Waals surface area contributed by atoms with Gasteiger partial charge < -0.3 is 0 Å². The maximum Gasteiger partial charge on any atom is 0.180 e. The van der Waals surface area contributed by atoms with E-state index in [1.54, 1.807) is 11.3 Å². The van der Waals surface area contributed by atoms with Gasteiger partial charge in [-0.1, -0.05) is 46.9 Å². The van der Waals surface area contributed by atoms with Gasteiger partial charge in [0.25, 0.3) is 0 Å². The minimum absolute atomic E-state index is 0.750. The summed E-state index contributed by atoms with van der Waals surface area (Å²) < 4.78 is -0.750. The van der Waals surface area contributed by atoms with Crippen molar-refractivity contribution in [3.05, 3.63) is 22.9 Å². The van der Waals surface area contributed by atoms with Crippen LogP contribution in [-0.4, -0.2) is 4.30 Å². The predicted molar refractivity (Wildman–Crippen MR) is 45.7 cm³/mol. The molecule has 52 valence electrons. The lowest BCUT2D eigenvalue weighted by Gasteiger charge is -1.69. The van der Waals surface area contributed by atoms with Gasteiger partial charge in [0.05, 0.1) is 0 Å². The second-order valence-electron chi connectivity index (χ2n) is 1.04. The Morgan fingerprint density at radius 2 is 1.33 bits per heavy atom. The molecule has 1 aromatic rings. The van der Waals surface area contributed by atoms with E-state index in [-0.39, 0.29) is 0 Å². The summed E-state index contributed by atoms with van der Waals surface area (Å²) >= 11 is 16.1. The van der Waals surface area contributed by atoms with Crippen molar-refractivity contribution < 1.29 is 0 Å². The molecule has 0 amide bonds. The number of rotatable bonds is 0. The summed E-state index contributed by atoms with van der Waals surface area (Å²) in [4.78, 5) is 0. The Morgan fingerprint density at radius 1 is 1.00 bits per heavy atom. The van der Waals surface area contributed by atoms with Gasteiger partial charge in [-0.05, 0) is 10.8 Å². The van der Waals surface area contributed by atoms with Crippen molar-refractivity contribution in [2.24, 2.45) is 0 Å². The van der Waals surface area contributed by atoms with Crippen LogP contribution >= 0.6 is 46.1 Å². The van der Waals surface area contributed by atoms with Crippen LogP contribution in [0.5, 0.6) is 0 Å². The van der Waals surface area contributed by atoms with E-state index in [2.05, 4.69) is 0 Å². The summed E-state index contributed by atoms with van der Waals surface area (Å²) in [6.45, 7) is 0. The van der Waals surface area contributed by atoms with Gasteiger partial charge in [-0.15, -0.1) is 0 Å². The van der Waals surface area contributed by atoms with Crippen molar-refractivity contribution in [1.29, 1.82) is 0 Å². The van der Waals surface area contributed by atoms with Crippen molar-refractivity contribution in [2.75, 3.05) is 0 Å². The third-order valence-corrected chi connectivity index (χ3v) is 1.05. The molecule has 0 spiro atoms. The quantitative estimate of drug-likeness (QED) is 0.564. The van der Waals surface area contributed by atoms with Crippen LogP contribution in [0, 0.1) is 0 Å². The van der Waals surface area contributed by atoms with E-state index in [0.29, 0.717) is 0 Å². The fourth-order valence-electron chi connectivity index (χ4n) is 0.227. The zero-order valence-electron chi connectivity index (χ0n) is 4.43. The molecule has 0 aliphatic rings. The third-order valence-electron chi connectivity index (χ3n) is 0.425. The molecule has 0 unspecified atom stereocenters. The average molecular weight is 204 g/mol. The number of alkyl halides is 3. The minimum Gasteiger partial charge on any atom is -0.152 e. The van der Waals surface area contributed by atoms with Gasteiger partial charge in [-0.25, -0.2) is 0 Å². The van der Waals surface area contributed by atoms with E-state index in [0.717, 1.165) is 0 Å². The second-order valence-corrected chi connectivity index (χ2v) is 3.84. The average Bonchev–Trinajstić information content (AvgIpc) is 2.11. The lowest BCUT2D eigenvalue weighted by molar-refractivity contribution is 1.96. The number of hydrogen-bond acceptors (Lipinski definition) is 1. The van der Waals surface area contributed by atoms with E-state index >= 15 is 0 Å². The van der Waals surface area contributed by atoms with Crippen LogP contribution in [0.2, 0.25) is 0 Å². The highest BCUT2D eigenvalue weighted by molar-refractivity contribution is 7.07. The number of thiophene rings is 1. The molecule has 0 nitrogen and oxygen atoms in total. The van der Waals surface area contributed by atoms with Crippen LogP contribution in [0.25, 0.3) is 0 Å². The molecule has 0 saturated carbocycles. The van der Waals surface area contributed by atoms with Crippen molar-refractivity contribution in [2.45, 2.75) is 4.30 Å². The summed E-state index contributed by atoms with van der Waals surface area (Å²) in [5.74, 6) is 0. The Bertz CT molecular complexity index is 95.8. The highest BCUT2D eigenvalue weighted by atomic mass is 35.6. The lowest BCUT2D eigenvalue weighted by Crippen LogP contribution is -1.55. The van der Waals surface area contributed by atoms with Crippen molar-refractivity contribution in [1.82, 2.24) is 0 Å². The van der Waals surface area contributed by atoms with Gasteiger partial charge in [0.15, 0.2) is 4.30 Å². The first kappa shape index (κ1) is 9.57. The highest BCUT2D eigenvalue weighted by Crippen LogP contribution is 2.03. The third kappa shape index (κ3) is 11.9. The summed E-state index contributed by atoms with van der Waals surface area (Å²) in [6.07, 6.45) is 0. The molecule has 1 heterocycles. The van der Waals surface area contributed by atoms with Gasteiger partial charge in [0, 0.05) is 0 Å². The Labute approximate surface area is 73.4 Å². The monoisotopic (exact) mass is 202 g/mol. The molecule has 0 saturated heterocycles. The topological polar surface area (TPSA) is 0 Å². The van der Waals surface area contributed by atoms with Crippen molar-refractivity contribution >= 4 is 46.1 Å². The predicted octanol–water partition coefficient (Wildman–Crippen LogP) is 3.73. The Hall–Kier alpha value is 0.570. The molecule has 0 fully saturated rings. The lowest BCUT2D eigenvalue weighted by atomic mass is 10.7. The molecule has 1 rings (SSSR count). The molecular formula is C5H5Cl3S. The summed E-state index contributed by atoms with van der Waals surface area (Å²) in [5.41, 5.74) is 0. The summed E-state index contributed by atoms with van der Waals surface area (Å²) in [6, 6.07) is 4.04. The van der Waals surface area contributed by atoms with Crippen LogP contribution in [0.1, 0.15) is 0 Å². The first-order chi connectivity index (χ1) is 4.23. The Morgan fingerprint density at radius 3 is 1.44 bits per heavy atom. The van der Waals surface area contributed by atoms with Gasteiger partial charge >= 0.3 is 0 Å². The van der Waals surface area contributed by atoms with Gasteiger partial charge in [0.1, 0.15) is 0 Å². The molecular weight excluding hydrogens is 198 g/mol. The standard InChI is InChI=1S/C4H4S.CHCl3/c1-2-4-5-3-1;2-1(3)4/h1-4H;1H. The molecule has 0 N–H and O–H groups in total. The second kappa shape index (κ2) is 6.69. The maximum atomic E-state index is 4.81. The van der Waals surface area contributed by atoms with E-state index in [4.69, 9.17) is 34.8 Å². The minimum atomic E-state index is -0.750. The molecule has 0 aromatic carbocycles. The van der Waals surface area contributed by atoms with Crippen LogP contribution in [0.3, 0.4) is 0 Å². The van der Waals surface area contributed by atoms with E-state index in [1.807, 2.05) is 22.9 Å². The van der Waals surface area contributed by atoms with Crippen LogP contribution in [-0.2, 0) is 0 Å². The van der Waals surface area contributed by atoms with E-state index in [9.17, 15) is 0 Å². The van der Waals surface area contributed by atoms with E-state index in [1.165, 1.54) is 0 Å². The zero-order chi connectivity index (χ0) is 7.11. The largest absolute Gasteiger partial charge is 0.180 e. The molecule has 0 aliphatic heterocycles. The fourth-order valence-corrected chi connectivity index (χ4v) is 0.680. The first-order valence-corrected chi connectivity index (χ1v) is 4.38. The molecule has 0 aliphatic carbocycles. The molecule has 0 radical (unpaired) electrons. The SMILES string of the molecule is ClC(Cl)Cl.c1ccsc1.